The van der Waals surface area contributed by atoms with Crippen molar-refractivity contribution in [1.29, 1.82) is 0 Å². The van der Waals surface area contributed by atoms with Gasteiger partial charge >= 0.3 is 5.97 Å². The van der Waals surface area contributed by atoms with E-state index in [9.17, 15) is 13.2 Å². The van der Waals surface area contributed by atoms with Crippen molar-refractivity contribution >= 4 is 21.7 Å². The molecule has 35 heavy (non-hydrogen) atoms. The summed E-state index contributed by atoms with van der Waals surface area (Å²) in [5.41, 5.74) is 2.94. The number of sulfonamides is 1. The van der Waals surface area contributed by atoms with Gasteiger partial charge in [0.1, 0.15) is 17.7 Å². The maximum atomic E-state index is 14.1. The second-order valence-electron chi connectivity index (χ2n) is 8.18. The predicted molar refractivity (Wildman–Crippen MR) is 132 cm³/mol. The first-order valence-corrected chi connectivity index (χ1v) is 12.5. The molecule has 3 aromatic rings. The van der Waals surface area contributed by atoms with Crippen LogP contribution in [0.15, 0.2) is 71.6 Å². The van der Waals surface area contributed by atoms with Crippen molar-refractivity contribution in [2.75, 3.05) is 26.6 Å². The van der Waals surface area contributed by atoms with Crippen LogP contribution < -0.4 is 14.8 Å². The van der Waals surface area contributed by atoms with Gasteiger partial charge in [0.25, 0.3) is 0 Å². The normalized spacial score (nSPS) is 17.5. The molecule has 3 aromatic carbocycles. The van der Waals surface area contributed by atoms with Crippen molar-refractivity contribution in [3.05, 3.63) is 83.4 Å². The van der Waals surface area contributed by atoms with Crippen LogP contribution in [0.1, 0.15) is 35.3 Å². The third-order valence-electron chi connectivity index (χ3n) is 6.09. The molecule has 0 saturated heterocycles. The summed E-state index contributed by atoms with van der Waals surface area (Å²) in [7, 11) is 0.348. The number of hydrogen-bond acceptors (Lipinski definition) is 7. The number of ether oxygens (including phenoxy) is 3. The first-order valence-electron chi connectivity index (χ1n) is 11.0. The quantitative estimate of drug-likeness (QED) is 0.461. The van der Waals surface area contributed by atoms with Gasteiger partial charge in [0, 0.05) is 11.3 Å². The number of aryl methyl sites for hydroxylation is 1. The van der Waals surface area contributed by atoms with Gasteiger partial charge in [-0.05, 0) is 55.0 Å². The lowest BCUT2D eigenvalue weighted by Crippen LogP contribution is -2.37. The number of benzene rings is 3. The van der Waals surface area contributed by atoms with Gasteiger partial charge in [0.2, 0.25) is 10.0 Å². The molecule has 0 saturated carbocycles. The molecule has 0 radical (unpaired) electrons. The molecule has 0 fully saturated rings. The van der Waals surface area contributed by atoms with Crippen LogP contribution in [0.4, 0.5) is 5.69 Å². The number of fused-ring (bicyclic) bond motifs is 1. The van der Waals surface area contributed by atoms with Crippen LogP contribution in [-0.4, -0.2) is 40.0 Å². The molecule has 8 nitrogen and oxygen atoms in total. The zero-order chi connectivity index (χ0) is 25.2. The second kappa shape index (κ2) is 9.97. The van der Waals surface area contributed by atoms with Crippen LogP contribution in [-0.2, 0) is 19.6 Å². The summed E-state index contributed by atoms with van der Waals surface area (Å²) < 4.78 is 45.3. The molecule has 1 aliphatic rings. The molecule has 0 bridgehead atoms. The summed E-state index contributed by atoms with van der Waals surface area (Å²) in [6.07, 6.45) is -0.988. The third-order valence-corrected chi connectivity index (χ3v) is 7.98. The molecule has 0 aromatic heterocycles. The number of carbonyl (C=O) groups excluding carboxylic acids is 1. The van der Waals surface area contributed by atoms with E-state index in [0.717, 1.165) is 5.56 Å². The van der Waals surface area contributed by atoms with Crippen LogP contribution in [0.2, 0.25) is 0 Å². The topological polar surface area (TPSA) is 94.2 Å². The van der Waals surface area contributed by atoms with Crippen molar-refractivity contribution in [3.8, 4) is 11.5 Å². The van der Waals surface area contributed by atoms with Crippen molar-refractivity contribution in [1.82, 2.24) is 4.31 Å². The molecule has 0 amide bonds. The van der Waals surface area contributed by atoms with E-state index in [-0.39, 0.29) is 11.3 Å². The number of rotatable bonds is 8. The Morgan fingerprint density at radius 2 is 1.63 bits per heavy atom. The molecule has 0 spiro atoms. The van der Waals surface area contributed by atoms with Gasteiger partial charge in [-0.1, -0.05) is 29.8 Å². The number of methoxy groups -OCH3 is 3. The standard InChI is InChI=1S/C26H28N2O6S/c1-17-8-14-20(15-9-17)35(30,31)28-22(16-24(29)34-4)21-6-5-7-23(33-3)25(21)26(28)27-18-10-12-19(32-2)13-11-18/h5-15,22,26-27H,16H2,1-4H3/t22-,26-/m1/s1. The molecular weight excluding hydrogens is 468 g/mol. The molecule has 1 heterocycles. The Balaban J connectivity index is 1.89. The average molecular weight is 497 g/mol. The van der Waals surface area contributed by atoms with Crippen LogP contribution >= 0.6 is 0 Å². The average Bonchev–Trinajstić information content (AvgIpc) is 3.18. The van der Waals surface area contributed by atoms with Gasteiger partial charge in [-0.2, -0.15) is 4.31 Å². The third kappa shape index (κ3) is 4.69. The maximum Gasteiger partial charge on any atom is 0.307 e. The summed E-state index contributed by atoms with van der Waals surface area (Å²) in [6, 6.07) is 18.4. The number of nitrogens with zero attached hydrogens (tertiary/aromatic N) is 1. The minimum atomic E-state index is -4.05. The van der Waals surface area contributed by atoms with Gasteiger partial charge < -0.3 is 19.5 Å². The van der Waals surface area contributed by atoms with Crippen molar-refractivity contribution in [2.24, 2.45) is 0 Å². The number of carbonyl (C=O) groups is 1. The Kier molecular flexibility index (Phi) is 7.00. The number of esters is 1. The second-order valence-corrected chi connectivity index (χ2v) is 10.0. The SMILES string of the molecule is COC(=O)C[C@@H]1c2cccc(OC)c2[C@H](Nc2ccc(OC)cc2)N1S(=O)(=O)c1ccc(C)cc1. The Hall–Kier alpha value is -3.56. The fourth-order valence-electron chi connectivity index (χ4n) is 4.33. The number of hydrogen-bond donors (Lipinski definition) is 1. The molecule has 0 aliphatic carbocycles. The lowest BCUT2D eigenvalue weighted by atomic mass is 10.0. The summed E-state index contributed by atoms with van der Waals surface area (Å²) >= 11 is 0. The lowest BCUT2D eigenvalue weighted by Gasteiger charge is -2.30. The molecule has 2 atom stereocenters. The zero-order valence-corrected chi connectivity index (χ0v) is 20.8. The minimum Gasteiger partial charge on any atom is -0.497 e. The highest BCUT2D eigenvalue weighted by molar-refractivity contribution is 7.89. The highest BCUT2D eigenvalue weighted by Gasteiger charge is 2.48. The molecule has 0 unspecified atom stereocenters. The first-order chi connectivity index (χ1) is 16.8. The highest BCUT2D eigenvalue weighted by Crippen LogP contribution is 2.50. The Morgan fingerprint density at radius 1 is 0.943 bits per heavy atom. The van der Waals surface area contributed by atoms with Crippen molar-refractivity contribution in [2.45, 2.75) is 30.4 Å². The van der Waals surface area contributed by atoms with Gasteiger partial charge in [-0.3, -0.25) is 4.79 Å². The summed E-state index contributed by atoms with van der Waals surface area (Å²) in [6.45, 7) is 1.89. The largest absolute Gasteiger partial charge is 0.497 e. The first kappa shape index (κ1) is 24.6. The van der Waals surface area contributed by atoms with E-state index >= 15 is 0 Å². The van der Waals surface area contributed by atoms with E-state index in [2.05, 4.69) is 5.32 Å². The molecule has 1 aliphatic heterocycles. The van der Waals surface area contributed by atoms with E-state index in [4.69, 9.17) is 14.2 Å². The van der Waals surface area contributed by atoms with E-state index in [1.54, 1.807) is 67.8 Å². The monoisotopic (exact) mass is 496 g/mol. The predicted octanol–water partition coefficient (Wildman–Crippen LogP) is 4.43. The van der Waals surface area contributed by atoms with Gasteiger partial charge in [0.15, 0.2) is 0 Å². The van der Waals surface area contributed by atoms with Crippen LogP contribution in [0, 0.1) is 6.92 Å². The fraction of sp³-hybridized carbons (Fsp3) is 0.269. The number of nitrogens with one attached hydrogen (secondary N) is 1. The number of anilines is 1. The Labute approximate surface area is 205 Å². The van der Waals surface area contributed by atoms with Gasteiger partial charge in [-0.15, -0.1) is 0 Å². The Morgan fingerprint density at radius 3 is 2.23 bits per heavy atom. The van der Waals surface area contributed by atoms with E-state index in [1.165, 1.54) is 18.5 Å². The molecular formula is C26H28N2O6S. The fourth-order valence-corrected chi connectivity index (χ4v) is 6.01. The molecule has 4 rings (SSSR count). The molecule has 1 N–H and O–H groups in total. The minimum absolute atomic E-state index is 0.131. The van der Waals surface area contributed by atoms with E-state index in [0.29, 0.717) is 28.3 Å². The highest BCUT2D eigenvalue weighted by atomic mass is 32.2. The zero-order valence-electron chi connectivity index (χ0n) is 20.0. The smallest absolute Gasteiger partial charge is 0.307 e. The van der Waals surface area contributed by atoms with Crippen LogP contribution in [0.5, 0.6) is 11.5 Å². The maximum absolute atomic E-state index is 14.1. The summed E-state index contributed by atoms with van der Waals surface area (Å²) in [5, 5.41) is 3.34. The van der Waals surface area contributed by atoms with Crippen molar-refractivity contribution in [3.63, 3.8) is 0 Å². The molecule has 184 valence electrons. The Bertz CT molecular complexity index is 1310. The lowest BCUT2D eigenvalue weighted by molar-refractivity contribution is -0.141. The van der Waals surface area contributed by atoms with Gasteiger partial charge in [-0.25, -0.2) is 8.42 Å². The summed E-state index contributed by atoms with van der Waals surface area (Å²) in [5.74, 6) is 0.676. The van der Waals surface area contributed by atoms with Crippen LogP contribution in [0.3, 0.4) is 0 Å². The van der Waals surface area contributed by atoms with E-state index < -0.39 is 28.2 Å². The van der Waals surface area contributed by atoms with Crippen molar-refractivity contribution < 1.29 is 27.4 Å². The van der Waals surface area contributed by atoms with Gasteiger partial charge in [0.05, 0.1) is 38.7 Å². The summed E-state index contributed by atoms with van der Waals surface area (Å²) in [4.78, 5) is 12.5. The van der Waals surface area contributed by atoms with E-state index in [1.807, 2.05) is 13.0 Å². The van der Waals surface area contributed by atoms with Crippen LogP contribution in [0.25, 0.3) is 0 Å². The molecule has 9 heteroatoms.